The van der Waals surface area contributed by atoms with Gasteiger partial charge in [-0.3, -0.25) is 0 Å². The molecule has 1 rings (SSSR count). The lowest BCUT2D eigenvalue weighted by Crippen LogP contribution is -2.29. The van der Waals surface area contributed by atoms with Crippen molar-refractivity contribution in [2.75, 3.05) is 0 Å². The van der Waals surface area contributed by atoms with Gasteiger partial charge in [0, 0.05) is 6.10 Å². The highest BCUT2D eigenvalue weighted by molar-refractivity contribution is 6.35. The van der Waals surface area contributed by atoms with E-state index < -0.39 is 7.32 Å². The molecule has 1 aromatic carbocycles. The van der Waals surface area contributed by atoms with Crippen LogP contribution >= 0.6 is 0 Å². The minimum absolute atomic E-state index is 0.0567. The second-order valence-electron chi connectivity index (χ2n) is 2.92. The molecule has 13 heavy (non-hydrogen) atoms. The molecule has 0 heterocycles. The predicted octanol–water partition coefficient (Wildman–Crippen LogP) is 1.47. The Morgan fingerprint density at radius 1 is 1.23 bits per heavy atom. The first-order chi connectivity index (χ1) is 6.18. The first kappa shape index (κ1) is 10.1. The molecule has 4 heteroatoms. The van der Waals surface area contributed by atoms with Crippen molar-refractivity contribution in [1.29, 1.82) is 0 Å². The second-order valence-corrected chi connectivity index (χ2v) is 2.92. The summed E-state index contributed by atoms with van der Waals surface area (Å²) in [5.41, 5.74) is 0. The second kappa shape index (κ2) is 4.89. The van der Waals surface area contributed by atoms with Crippen molar-refractivity contribution in [2.24, 2.45) is 0 Å². The van der Waals surface area contributed by atoms with Crippen molar-refractivity contribution in [3.63, 3.8) is 0 Å². The zero-order chi connectivity index (χ0) is 9.68. The van der Waals surface area contributed by atoms with E-state index in [1.165, 1.54) is 0 Å². The summed E-state index contributed by atoms with van der Waals surface area (Å²) in [6, 6.07) is 9.05. The first-order valence-corrected chi connectivity index (χ1v) is 4.23. The minimum atomic E-state index is -1.19. The largest absolute Gasteiger partial charge is 0.710 e. The zero-order valence-electron chi connectivity index (χ0n) is 7.81. The van der Waals surface area contributed by atoms with Crippen LogP contribution in [0.2, 0.25) is 0 Å². The van der Waals surface area contributed by atoms with Gasteiger partial charge >= 0.3 is 7.32 Å². The summed E-state index contributed by atoms with van der Waals surface area (Å²) >= 11 is 0. The maximum Gasteiger partial charge on any atom is 0.710 e. The molecule has 0 spiro atoms. The molecule has 1 N–H and O–H groups in total. The van der Waals surface area contributed by atoms with Crippen LogP contribution in [0.1, 0.15) is 13.8 Å². The summed E-state index contributed by atoms with van der Waals surface area (Å²) in [6.07, 6.45) is -0.0567. The quantitative estimate of drug-likeness (QED) is 0.713. The van der Waals surface area contributed by atoms with Crippen LogP contribution in [0.5, 0.6) is 5.75 Å². The monoisotopic (exact) mass is 180 g/mol. The molecule has 0 bridgehead atoms. The highest BCUT2D eigenvalue weighted by Crippen LogP contribution is 2.09. The Morgan fingerprint density at radius 3 is 2.38 bits per heavy atom. The van der Waals surface area contributed by atoms with E-state index >= 15 is 0 Å². The molecule has 0 atom stereocenters. The van der Waals surface area contributed by atoms with Crippen molar-refractivity contribution < 1.29 is 14.3 Å². The van der Waals surface area contributed by atoms with E-state index in [1.807, 2.05) is 32.0 Å². The lowest BCUT2D eigenvalue weighted by molar-refractivity contribution is 0.148. The fourth-order valence-corrected chi connectivity index (χ4v) is 0.876. The molecule has 0 fully saturated rings. The minimum Gasteiger partial charge on any atom is -0.512 e. The van der Waals surface area contributed by atoms with Crippen LogP contribution < -0.4 is 4.65 Å². The Kier molecular flexibility index (Phi) is 3.80. The van der Waals surface area contributed by atoms with Crippen molar-refractivity contribution >= 4 is 7.32 Å². The summed E-state index contributed by atoms with van der Waals surface area (Å²) in [4.78, 5) is 0. The first-order valence-electron chi connectivity index (χ1n) is 4.23. The van der Waals surface area contributed by atoms with Gasteiger partial charge in [-0.25, -0.2) is 0 Å². The number of hydrogen-bond acceptors (Lipinski definition) is 3. The highest BCUT2D eigenvalue weighted by atomic mass is 16.7. The summed E-state index contributed by atoms with van der Waals surface area (Å²) < 4.78 is 10.0. The van der Waals surface area contributed by atoms with E-state index in [0.29, 0.717) is 5.75 Å². The molecule has 0 saturated heterocycles. The summed E-state index contributed by atoms with van der Waals surface area (Å²) in [5, 5.41) is 9.23. The molecule has 0 aliphatic carbocycles. The van der Waals surface area contributed by atoms with Gasteiger partial charge in [0.2, 0.25) is 0 Å². The lowest BCUT2D eigenvalue weighted by Gasteiger charge is -2.11. The summed E-state index contributed by atoms with van der Waals surface area (Å²) in [5.74, 6) is 0.593. The SMILES string of the molecule is CC(C)OB(O)Oc1ccccc1. The van der Waals surface area contributed by atoms with Crippen LogP contribution in [-0.4, -0.2) is 18.4 Å². The van der Waals surface area contributed by atoms with E-state index in [1.54, 1.807) is 12.1 Å². The lowest BCUT2D eigenvalue weighted by atomic mass is 10.2. The van der Waals surface area contributed by atoms with Gasteiger partial charge in [0.05, 0.1) is 0 Å². The third-order valence-electron chi connectivity index (χ3n) is 1.37. The molecule has 0 aromatic heterocycles. The Morgan fingerprint density at radius 2 is 1.85 bits per heavy atom. The van der Waals surface area contributed by atoms with Crippen LogP contribution in [0, 0.1) is 0 Å². The summed E-state index contributed by atoms with van der Waals surface area (Å²) in [7, 11) is -1.19. The maximum atomic E-state index is 9.23. The molecular formula is C9H13BO3. The molecule has 0 radical (unpaired) electrons. The van der Waals surface area contributed by atoms with Gasteiger partial charge < -0.3 is 14.3 Å². The third kappa shape index (κ3) is 3.96. The van der Waals surface area contributed by atoms with E-state index in [4.69, 9.17) is 9.31 Å². The average Bonchev–Trinajstić information content (AvgIpc) is 2.04. The van der Waals surface area contributed by atoms with Crippen LogP contribution in [0.25, 0.3) is 0 Å². The van der Waals surface area contributed by atoms with Crippen LogP contribution in [0.15, 0.2) is 30.3 Å². The molecule has 0 unspecified atom stereocenters. The van der Waals surface area contributed by atoms with Gasteiger partial charge in [0.1, 0.15) is 5.75 Å². The van der Waals surface area contributed by atoms with Crippen molar-refractivity contribution in [3.8, 4) is 5.75 Å². The molecule has 0 saturated carbocycles. The highest BCUT2D eigenvalue weighted by Gasteiger charge is 2.19. The Bertz CT molecular complexity index is 238. The smallest absolute Gasteiger partial charge is 0.512 e. The van der Waals surface area contributed by atoms with Crippen LogP contribution in [0.3, 0.4) is 0 Å². The maximum absolute atomic E-state index is 9.23. The number of benzene rings is 1. The normalized spacial score (nSPS) is 10.2. The molecule has 0 aliphatic heterocycles. The molecular weight excluding hydrogens is 167 g/mol. The predicted molar refractivity (Wildman–Crippen MR) is 51.3 cm³/mol. The Balaban J connectivity index is 2.41. The molecule has 3 nitrogen and oxygen atoms in total. The van der Waals surface area contributed by atoms with Crippen molar-refractivity contribution in [2.45, 2.75) is 20.0 Å². The van der Waals surface area contributed by atoms with Gasteiger partial charge in [-0.2, -0.15) is 0 Å². The van der Waals surface area contributed by atoms with Gasteiger partial charge in [-0.15, -0.1) is 0 Å². The number of para-hydroxylation sites is 1. The van der Waals surface area contributed by atoms with E-state index in [-0.39, 0.29) is 6.10 Å². The van der Waals surface area contributed by atoms with E-state index in [2.05, 4.69) is 0 Å². The average molecular weight is 180 g/mol. The topological polar surface area (TPSA) is 38.7 Å². The Hall–Kier alpha value is -0.995. The van der Waals surface area contributed by atoms with Crippen molar-refractivity contribution in [3.05, 3.63) is 30.3 Å². The summed E-state index contributed by atoms with van der Waals surface area (Å²) in [6.45, 7) is 3.66. The zero-order valence-corrected chi connectivity index (χ0v) is 7.81. The molecule has 1 aromatic rings. The fourth-order valence-electron chi connectivity index (χ4n) is 0.876. The van der Waals surface area contributed by atoms with Gasteiger partial charge in [-0.1, -0.05) is 18.2 Å². The van der Waals surface area contributed by atoms with Crippen LogP contribution in [0.4, 0.5) is 0 Å². The molecule has 0 aliphatic rings. The Labute approximate surface area is 78.5 Å². The third-order valence-corrected chi connectivity index (χ3v) is 1.37. The number of rotatable bonds is 4. The van der Waals surface area contributed by atoms with E-state index in [0.717, 1.165) is 0 Å². The van der Waals surface area contributed by atoms with E-state index in [9.17, 15) is 5.02 Å². The molecule has 70 valence electrons. The molecule has 0 amide bonds. The van der Waals surface area contributed by atoms with Crippen molar-refractivity contribution in [1.82, 2.24) is 0 Å². The number of hydrogen-bond donors (Lipinski definition) is 1. The standard InChI is InChI=1S/C9H13BO3/c1-8(2)12-10(11)13-9-6-4-3-5-7-9/h3-8,11H,1-2H3. The van der Waals surface area contributed by atoms with Gasteiger partial charge in [-0.05, 0) is 26.0 Å². The van der Waals surface area contributed by atoms with Crippen LogP contribution in [-0.2, 0) is 4.65 Å². The van der Waals surface area contributed by atoms with Gasteiger partial charge in [0.15, 0.2) is 0 Å². The fraction of sp³-hybridized carbons (Fsp3) is 0.333. The van der Waals surface area contributed by atoms with Gasteiger partial charge in [0.25, 0.3) is 0 Å².